The van der Waals surface area contributed by atoms with Crippen LogP contribution in [-0.4, -0.2) is 16.7 Å². The van der Waals surface area contributed by atoms with Crippen molar-refractivity contribution in [3.63, 3.8) is 0 Å². The Hall–Kier alpha value is -3.71. The summed E-state index contributed by atoms with van der Waals surface area (Å²) >= 11 is 1.30. The van der Waals surface area contributed by atoms with E-state index in [-0.39, 0.29) is 17.2 Å². The molecule has 0 radical (unpaired) electrons. The van der Waals surface area contributed by atoms with Crippen molar-refractivity contribution < 1.29 is 14.5 Å². The van der Waals surface area contributed by atoms with Gasteiger partial charge in [-0.15, -0.1) is 11.8 Å². The number of hydrogen-bond acceptors (Lipinski definition) is 5. The first-order valence-electron chi connectivity index (χ1n) is 9.98. The highest BCUT2D eigenvalue weighted by Gasteiger charge is 2.40. The Labute approximate surface area is 189 Å². The molecule has 0 aromatic heterocycles. The summed E-state index contributed by atoms with van der Waals surface area (Å²) in [5.41, 5.74) is 4.12. The van der Waals surface area contributed by atoms with Crippen LogP contribution in [-0.2, 0) is 15.3 Å². The Bertz CT molecular complexity index is 1230. The van der Waals surface area contributed by atoms with Gasteiger partial charge in [0.1, 0.15) is 0 Å². The number of benzene rings is 3. The monoisotopic (exact) mass is 444 g/mol. The number of amides is 2. The summed E-state index contributed by atoms with van der Waals surface area (Å²) in [5, 5.41) is 11.0. The molecule has 3 aromatic carbocycles. The van der Waals surface area contributed by atoms with Crippen molar-refractivity contribution in [1.29, 1.82) is 0 Å². The van der Waals surface area contributed by atoms with Crippen LogP contribution < -0.4 is 4.90 Å². The highest BCUT2D eigenvalue weighted by molar-refractivity contribution is 8.03. The predicted octanol–water partition coefficient (Wildman–Crippen LogP) is 5.43. The van der Waals surface area contributed by atoms with E-state index in [1.807, 2.05) is 50.2 Å². The minimum absolute atomic E-state index is 0.0734. The maximum Gasteiger partial charge on any atom is 0.272 e. The van der Waals surface area contributed by atoms with Crippen LogP contribution >= 0.6 is 11.8 Å². The van der Waals surface area contributed by atoms with Crippen molar-refractivity contribution in [3.05, 3.63) is 110 Å². The molecule has 0 bridgehead atoms. The lowest BCUT2D eigenvalue weighted by Crippen LogP contribution is -2.31. The molecule has 0 aliphatic carbocycles. The summed E-state index contributed by atoms with van der Waals surface area (Å²) in [4.78, 5) is 39.0. The average molecular weight is 445 g/mol. The molecule has 1 aliphatic rings. The molecule has 0 unspecified atom stereocenters. The van der Waals surface area contributed by atoms with Crippen molar-refractivity contribution in [2.45, 2.75) is 19.6 Å². The van der Waals surface area contributed by atoms with Crippen LogP contribution in [0.5, 0.6) is 0 Å². The van der Waals surface area contributed by atoms with Gasteiger partial charge in [-0.1, -0.05) is 36.4 Å². The Kier molecular flexibility index (Phi) is 5.92. The summed E-state index contributed by atoms with van der Waals surface area (Å²) in [6.45, 7) is 3.83. The molecule has 1 aliphatic heterocycles. The molecule has 0 N–H and O–H groups in total. The Morgan fingerprint density at radius 2 is 1.50 bits per heavy atom. The fourth-order valence-corrected chi connectivity index (χ4v) is 4.76. The van der Waals surface area contributed by atoms with Gasteiger partial charge < -0.3 is 0 Å². The van der Waals surface area contributed by atoms with Crippen LogP contribution in [0, 0.1) is 24.0 Å². The number of carbonyl (C=O) groups excluding carboxylic acids is 2. The van der Waals surface area contributed by atoms with E-state index in [1.165, 1.54) is 40.9 Å². The number of hydrogen-bond donors (Lipinski definition) is 0. The maximum absolute atomic E-state index is 13.5. The third kappa shape index (κ3) is 4.20. The zero-order valence-electron chi connectivity index (χ0n) is 17.6. The molecule has 7 heteroatoms. The minimum Gasteiger partial charge on any atom is -0.268 e. The number of nitro groups is 1. The van der Waals surface area contributed by atoms with Crippen LogP contribution in [0.3, 0.4) is 0 Å². The number of carbonyl (C=O) groups is 2. The number of rotatable bonds is 6. The predicted molar refractivity (Wildman–Crippen MR) is 126 cm³/mol. The van der Waals surface area contributed by atoms with Gasteiger partial charge in [-0.3, -0.25) is 19.7 Å². The van der Waals surface area contributed by atoms with E-state index in [0.717, 1.165) is 16.7 Å². The van der Waals surface area contributed by atoms with Crippen LogP contribution in [0.25, 0.3) is 5.57 Å². The van der Waals surface area contributed by atoms with E-state index in [2.05, 4.69) is 0 Å². The molecule has 0 atom stereocenters. The van der Waals surface area contributed by atoms with Crippen molar-refractivity contribution in [1.82, 2.24) is 0 Å². The van der Waals surface area contributed by atoms with E-state index in [9.17, 15) is 19.7 Å². The molecule has 0 fully saturated rings. The number of nitrogens with zero attached hydrogens (tertiary/aromatic N) is 2. The third-order valence-electron chi connectivity index (χ3n) is 5.10. The first-order valence-corrected chi connectivity index (χ1v) is 11.0. The third-order valence-corrected chi connectivity index (χ3v) is 6.24. The number of imide groups is 1. The summed E-state index contributed by atoms with van der Waals surface area (Å²) in [7, 11) is 0. The van der Waals surface area contributed by atoms with E-state index in [4.69, 9.17) is 0 Å². The molecular formula is C25H20N2O4S. The molecule has 0 spiro atoms. The van der Waals surface area contributed by atoms with Gasteiger partial charge in [0.05, 0.1) is 21.1 Å². The zero-order chi connectivity index (χ0) is 22.8. The molecule has 1 heterocycles. The molecule has 4 rings (SSSR count). The lowest BCUT2D eigenvalue weighted by molar-refractivity contribution is -0.384. The molecule has 3 aromatic rings. The van der Waals surface area contributed by atoms with Gasteiger partial charge in [0.25, 0.3) is 17.5 Å². The van der Waals surface area contributed by atoms with Crippen LogP contribution in [0.2, 0.25) is 0 Å². The smallest absolute Gasteiger partial charge is 0.268 e. The van der Waals surface area contributed by atoms with Gasteiger partial charge in [-0.05, 0) is 60.4 Å². The number of non-ortho nitro benzene ring substituents is 1. The standard InChI is InChI=1S/C25H20N2O4S/c1-16-12-17(2)14-21(13-16)26-24(28)22(19-8-10-20(11-9-19)27(30)31)23(25(26)29)32-15-18-6-4-3-5-7-18/h3-14H,15H2,1-2H3. The Morgan fingerprint density at radius 1 is 0.875 bits per heavy atom. The number of anilines is 1. The SMILES string of the molecule is Cc1cc(C)cc(N2C(=O)C(SCc3ccccc3)=C(c3ccc([N+](=O)[O-])cc3)C2=O)c1. The van der Waals surface area contributed by atoms with E-state index >= 15 is 0 Å². The maximum atomic E-state index is 13.5. The van der Waals surface area contributed by atoms with E-state index in [1.54, 1.807) is 12.1 Å². The fraction of sp³-hybridized carbons (Fsp3) is 0.120. The van der Waals surface area contributed by atoms with Crippen LogP contribution in [0.4, 0.5) is 11.4 Å². The van der Waals surface area contributed by atoms with Gasteiger partial charge in [-0.2, -0.15) is 0 Å². The van der Waals surface area contributed by atoms with Crippen molar-refractivity contribution in [2.24, 2.45) is 0 Å². The average Bonchev–Trinajstić information content (AvgIpc) is 3.01. The van der Waals surface area contributed by atoms with E-state index < -0.39 is 10.8 Å². The summed E-state index contributed by atoms with van der Waals surface area (Å²) in [5.74, 6) is -0.287. The molecule has 160 valence electrons. The van der Waals surface area contributed by atoms with Gasteiger partial charge >= 0.3 is 0 Å². The van der Waals surface area contributed by atoms with Crippen LogP contribution in [0.1, 0.15) is 22.3 Å². The van der Waals surface area contributed by atoms with Crippen molar-refractivity contribution in [2.75, 3.05) is 4.90 Å². The number of aryl methyl sites for hydroxylation is 2. The highest BCUT2D eigenvalue weighted by Crippen LogP contribution is 2.40. The number of nitro benzene ring substituents is 1. The fourth-order valence-electron chi connectivity index (χ4n) is 3.69. The first-order chi connectivity index (χ1) is 15.3. The zero-order valence-corrected chi connectivity index (χ0v) is 18.4. The minimum atomic E-state index is -0.493. The van der Waals surface area contributed by atoms with E-state index in [0.29, 0.717) is 21.9 Å². The normalized spacial score (nSPS) is 13.8. The second-order valence-electron chi connectivity index (χ2n) is 7.57. The van der Waals surface area contributed by atoms with Gasteiger partial charge in [0.2, 0.25) is 0 Å². The molecule has 6 nitrogen and oxygen atoms in total. The molecule has 32 heavy (non-hydrogen) atoms. The molecule has 0 saturated carbocycles. The lowest BCUT2D eigenvalue weighted by atomic mass is 10.1. The van der Waals surface area contributed by atoms with Crippen molar-refractivity contribution >= 4 is 40.5 Å². The molecular weight excluding hydrogens is 424 g/mol. The van der Waals surface area contributed by atoms with Gasteiger partial charge in [0.15, 0.2) is 0 Å². The second kappa shape index (κ2) is 8.80. The first kappa shape index (κ1) is 21.5. The summed E-state index contributed by atoms with van der Waals surface area (Å²) in [6.07, 6.45) is 0. The summed E-state index contributed by atoms with van der Waals surface area (Å²) < 4.78 is 0. The van der Waals surface area contributed by atoms with Crippen LogP contribution in [0.15, 0.2) is 77.7 Å². The lowest BCUT2D eigenvalue weighted by Gasteiger charge is -2.16. The molecule has 2 amide bonds. The topological polar surface area (TPSA) is 80.5 Å². The second-order valence-corrected chi connectivity index (χ2v) is 8.56. The highest BCUT2D eigenvalue weighted by atomic mass is 32.2. The Balaban J connectivity index is 1.77. The number of thioether (sulfide) groups is 1. The van der Waals surface area contributed by atoms with Gasteiger partial charge in [0, 0.05) is 17.9 Å². The van der Waals surface area contributed by atoms with Crippen molar-refractivity contribution in [3.8, 4) is 0 Å². The molecule has 0 saturated heterocycles. The Morgan fingerprint density at radius 3 is 2.09 bits per heavy atom. The van der Waals surface area contributed by atoms with Gasteiger partial charge in [-0.25, -0.2) is 4.90 Å². The summed E-state index contributed by atoms with van der Waals surface area (Å²) in [6, 6.07) is 21.0. The quantitative estimate of drug-likeness (QED) is 0.288. The largest absolute Gasteiger partial charge is 0.272 e.